The number of nitrogens with one attached hydrogen (secondary N) is 1. The van der Waals surface area contributed by atoms with Gasteiger partial charge in [-0.25, -0.2) is 0 Å². The van der Waals surface area contributed by atoms with E-state index in [4.69, 9.17) is 0 Å². The van der Waals surface area contributed by atoms with E-state index in [0.29, 0.717) is 6.04 Å². The molecule has 0 aromatic heterocycles. The Hall–Kier alpha value is -0.600. The maximum absolute atomic E-state index is 3.57. The van der Waals surface area contributed by atoms with E-state index in [2.05, 4.69) is 59.4 Å². The van der Waals surface area contributed by atoms with Crippen LogP contribution in [0.15, 0.2) is 40.4 Å². The highest BCUT2D eigenvalue weighted by atomic mass is 79.9. The Kier molecular flexibility index (Phi) is 5.06. The van der Waals surface area contributed by atoms with Crippen molar-refractivity contribution in [2.45, 2.75) is 26.3 Å². The maximum atomic E-state index is 3.57. The molecule has 2 heteroatoms. The van der Waals surface area contributed by atoms with E-state index in [9.17, 15) is 0 Å². The van der Waals surface area contributed by atoms with Gasteiger partial charge in [-0.3, -0.25) is 0 Å². The second kappa shape index (κ2) is 6.09. The second-order valence-corrected chi connectivity index (χ2v) is 4.79. The Morgan fingerprint density at radius 2 is 2.07 bits per heavy atom. The van der Waals surface area contributed by atoms with Crippen LogP contribution in [-0.4, -0.2) is 13.1 Å². The van der Waals surface area contributed by atoms with E-state index < -0.39 is 0 Å². The summed E-state index contributed by atoms with van der Waals surface area (Å²) in [4.78, 5) is 0. The summed E-state index contributed by atoms with van der Waals surface area (Å²) in [6.45, 7) is 4.26. The molecule has 0 amide bonds. The van der Waals surface area contributed by atoms with E-state index in [1.165, 1.54) is 15.6 Å². The Balaban J connectivity index is 2.75. The molecule has 1 unspecified atom stereocenters. The zero-order chi connectivity index (χ0) is 11.3. The van der Waals surface area contributed by atoms with E-state index in [-0.39, 0.29) is 0 Å². The quantitative estimate of drug-likeness (QED) is 0.823. The summed E-state index contributed by atoms with van der Waals surface area (Å²) in [5, 5.41) is 3.31. The lowest BCUT2D eigenvalue weighted by molar-refractivity contribution is 0.659. The first kappa shape index (κ1) is 12.5. The predicted molar refractivity (Wildman–Crippen MR) is 70.1 cm³/mol. The lowest BCUT2D eigenvalue weighted by atomic mass is 10.0. The maximum Gasteiger partial charge on any atom is 0.0290 e. The van der Waals surface area contributed by atoms with Crippen molar-refractivity contribution >= 4 is 15.9 Å². The van der Waals surface area contributed by atoms with Crippen LogP contribution < -0.4 is 5.32 Å². The molecular formula is C13H18BrN. The van der Waals surface area contributed by atoms with Crippen molar-refractivity contribution in [2.24, 2.45) is 0 Å². The van der Waals surface area contributed by atoms with Crippen LogP contribution in [0.5, 0.6) is 0 Å². The summed E-state index contributed by atoms with van der Waals surface area (Å²) >= 11 is 3.57. The van der Waals surface area contributed by atoms with Crippen molar-refractivity contribution in [1.29, 1.82) is 0 Å². The minimum absolute atomic E-state index is 0.411. The summed E-state index contributed by atoms with van der Waals surface area (Å²) in [6, 6.07) is 8.78. The van der Waals surface area contributed by atoms with Crippen molar-refractivity contribution in [1.82, 2.24) is 5.32 Å². The third kappa shape index (κ3) is 4.18. The van der Waals surface area contributed by atoms with Gasteiger partial charge in [0.25, 0.3) is 0 Å². The smallest absolute Gasteiger partial charge is 0.0290 e. The van der Waals surface area contributed by atoms with Crippen LogP contribution in [0.4, 0.5) is 0 Å². The van der Waals surface area contributed by atoms with Crippen molar-refractivity contribution in [2.75, 3.05) is 7.05 Å². The fourth-order valence-corrected chi connectivity index (χ4v) is 1.99. The lowest BCUT2D eigenvalue weighted by Gasteiger charge is -2.13. The van der Waals surface area contributed by atoms with Gasteiger partial charge in [0, 0.05) is 10.5 Å². The monoisotopic (exact) mass is 267 g/mol. The average Bonchev–Trinajstić information content (AvgIpc) is 2.19. The normalized spacial score (nSPS) is 12.3. The molecular weight excluding hydrogens is 250 g/mol. The molecule has 0 bridgehead atoms. The SMILES string of the molecule is CNC(C=C(C)C)Cc1ccccc1Br. The van der Waals surface area contributed by atoms with Gasteiger partial charge in [-0.2, -0.15) is 0 Å². The van der Waals surface area contributed by atoms with Crippen LogP contribution in [0.3, 0.4) is 0 Å². The van der Waals surface area contributed by atoms with Gasteiger partial charge in [0.2, 0.25) is 0 Å². The average molecular weight is 268 g/mol. The summed E-state index contributed by atoms with van der Waals surface area (Å²) in [7, 11) is 2.00. The van der Waals surface area contributed by atoms with Crippen molar-refractivity contribution in [3.63, 3.8) is 0 Å². The lowest BCUT2D eigenvalue weighted by Crippen LogP contribution is -2.25. The minimum atomic E-state index is 0.411. The van der Waals surface area contributed by atoms with Gasteiger partial charge < -0.3 is 5.32 Å². The van der Waals surface area contributed by atoms with Gasteiger partial charge in [-0.15, -0.1) is 0 Å². The van der Waals surface area contributed by atoms with E-state index in [0.717, 1.165) is 6.42 Å². The molecule has 0 aliphatic rings. The highest BCUT2D eigenvalue weighted by Gasteiger charge is 2.06. The molecule has 1 rings (SSSR count). The summed E-state index contributed by atoms with van der Waals surface area (Å²) in [5.41, 5.74) is 2.69. The van der Waals surface area contributed by atoms with Crippen LogP contribution in [0, 0.1) is 0 Å². The van der Waals surface area contributed by atoms with Crippen LogP contribution in [0.1, 0.15) is 19.4 Å². The number of hydrogen-bond acceptors (Lipinski definition) is 1. The molecule has 1 nitrogen and oxygen atoms in total. The first-order valence-electron chi connectivity index (χ1n) is 5.19. The topological polar surface area (TPSA) is 12.0 Å². The summed E-state index contributed by atoms with van der Waals surface area (Å²) in [6.07, 6.45) is 3.28. The van der Waals surface area contributed by atoms with E-state index in [1.807, 2.05) is 13.1 Å². The van der Waals surface area contributed by atoms with Gasteiger partial charge in [0.05, 0.1) is 0 Å². The number of allylic oxidation sites excluding steroid dienone is 1. The molecule has 0 radical (unpaired) electrons. The van der Waals surface area contributed by atoms with Gasteiger partial charge in [0.1, 0.15) is 0 Å². The Morgan fingerprint density at radius 3 is 2.60 bits per heavy atom. The fourth-order valence-electron chi connectivity index (χ4n) is 1.55. The number of likely N-dealkylation sites (N-methyl/N-ethyl adjacent to an activating group) is 1. The Bertz CT molecular complexity index is 340. The number of halogens is 1. The molecule has 0 aliphatic carbocycles. The standard InChI is InChI=1S/C13H18BrN/c1-10(2)8-12(15-3)9-11-6-4-5-7-13(11)14/h4-8,12,15H,9H2,1-3H3. The molecule has 0 spiro atoms. The van der Waals surface area contributed by atoms with Crippen molar-refractivity contribution < 1.29 is 0 Å². The minimum Gasteiger partial charge on any atom is -0.313 e. The molecule has 15 heavy (non-hydrogen) atoms. The van der Waals surface area contributed by atoms with Gasteiger partial charge in [-0.05, 0) is 38.9 Å². The van der Waals surface area contributed by atoms with E-state index in [1.54, 1.807) is 0 Å². The van der Waals surface area contributed by atoms with Gasteiger partial charge in [0.15, 0.2) is 0 Å². The number of rotatable bonds is 4. The third-order valence-corrected chi connectivity index (χ3v) is 3.08. The zero-order valence-corrected chi connectivity index (χ0v) is 11.1. The largest absolute Gasteiger partial charge is 0.313 e. The molecule has 82 valence electrons. The molecule has 0 aliphatic heterocycles. The first-order chi connectivity index (χ1) is 7.13. The Labute approximate surface area is 101 Å². The van der Waals surface area contributed by atoms with Crippen LogP contribution in [0.2, 0.25) is 0 Å². The predicted octanol–water partition coefficient (Wildman–Crippen LogP) is 3.55. The molecule has 1 aromatic rings. The second-order valence-electron chi connectivity index (χ2n) is 3.93. The Morgan fingerprint density at radius 1 is 1.40 bits per heavy atom. The third-order valence-electron chi connectivity index (χ3n) is 2.30. The molecule has 0 heterocycles. The van der Waals surface area contributed by atoms with Gasteiger partial charge in [-0.1, -0.05) is 45.8 Å². The highest BCUT2D eigenvalue weighted by molar-refractivity contribution is 9.10. The molecule has 0 saturated carbocycles. The van der Waals surface area contributed by atoms with Crippen molar-refractivity contribution in [3.8, 4) is 0 Å². The fraction of sp³-hybridized carbons (Fsp3) is 0.385. The van der Waals surface area contributed by atoms with Crippen LogP contribution >= 0.6 is 15.9 Å². The molecule has 1 atom stereocenters. The molecule has 1 N–H and O–H groups in total. The highest BCUT2D eigenvalue weighted by Crippen LogP contribution is 2.18. The van der Waals surface area contributed by atoms with E-state index >= 15 is 0 Å². The molecule has 1 aromatic carbocycles. The first-order valence-corrected chi connectivity index (χ1v) is 5.98. The summed E-state index contributed by atoms with van der Waals surface area (Å²) in [5.74, 6) is 0. The van der Waals surface area contributed by atoms with Crippen LogP contribution in [0.25, 0.3) is 0 Å². The number of benzene rings is 1. The van der Waals surface area contributed by atoms with Crippen LogP contribution in [-0.2, 0) is 6.42 Å². The zero-order valence-electron chi connectivity index (χ0n) is 9.55. The molecule has 0 fully saturated rings. The molecule has 0 saturated heterocycles. The summed E-state index contributed by atoms with van der Waals surface area (Å²) < 4.78 is 1.19. The van der Waals surface area contributed by atoms with Crippen molar-refractivity contribution in [3.05, 3.63) is 46.0 Å². The number of hydrogen-bond donors (Lipinski definition) is 1. The van der Waals surface area contributed by atoms with Gasteiger partial charge >= 0.3 is 0 Å².